The molecule has 1 aromatic heterocycles. The Bertz CT molecular complexity index is 508. The second kappa shape index (κ2) is 4.49. The van der Waals surface area contributed by atoms with Gasteiger partial charge in [-0.3, -0.25) is 4.68 Å². The van der Waals surface area contributed by atoms with E-state index in [0.29, 0.717) is 6.61 Å². The average Bonchev–Trinajstić information content (AvgIpc) is 2.67. The third-order valence-electron chi connectivity index (χ3n) is 3.02. The molecule has 0 fully saturated rings. The van der Waals surface area contributed by atoms with Crippen molar-refractivity contribution in [2.75, 3.05) is 13.7 Å². The van der Waals surface area contributed by atoms with Crippen LogP contribution >= 0.6 is 0 Å². The second-order valence-corrected chi connectivity index (χ2v) is 5.38. The van der Waals surface area contributed by atoms with Crippen LogP contribution in [0.1, 0.15) is 26.3 Å². The number of methoxy groups -OCH3 is 1. The normalized spacial score (nSPS) is 12.2. The Labute approximate surface area is 102 Å². The molecule has 0 radical (unpaired) electrons. The molecule has 1 heterocycles. The van der Waals surface area contributed by atoms with E-state index in [0.717, 1.165) is 6.54 Å². The van der Waals surface area contributed by atoms with E-state index < -0.39 is 0 Å². The van der Waals surface area contributed by atoms with Crippen LogP contribution in [0.4, 0.5) is 0 Å². The number of benzene rings is 1. The maximum absolute atomic E-state index is 5.08. The monoisotopic (exact) mass is 232 g/mol. The topological polar surface area (TPSA) is 27.1 Å². The van der Waals surface area contributed by atoms with Gasteiger partial charge in [-0.15, -0.1) is 0 Å². The first-order valence-corrected chi connectivity index (χ1v) is 5.97. The summed E-state index contributed by atoms with van der Waals surface area (Å²) >= 11 is 0. The first kappa shape index (κ1) is 12.1. The summed E-state index contributed by atoms with van der Waals surface area (Å²) in [6, 6.07) is 6.57. The molecule has 0 atom stereocenters. The van der Waals surface area contributed by atoms with Gasteiger partial charge in [-0.1, -0.05) is 26.8 Å². The lowest BCUT2D eigenvalue weighted by molar-refractivity contribution is 0.185. The Kier molecular flexibility index (Phi) is 3.20. The highest BCUT2D eigenvalue weighted by molar-refractivity contribution is 5.79. The third kappa shape index (κ3) is 2.50. The zero-order valence-corrected chi connectivity index (χ0v) is 11.0. The molecule has 0 saturated carbocycles. The van der Waals surface area contributed by atoms with Crippen molar-refractivity contribution in [3.63, 3.8) is 0 Å². The summed E-state index contributed by atoms with van der Waals surface area (Å²) in [4.78, 5) is 0. The van der Waals surface area contributed by atoms with E-state index in [9.17, 15) is 0 Å². The Hall–Kier alpha value is -1.35. The first-order chi connectivity index (χ1) is 8.02. The molecule has 2 aromatic rings. The lowest BCUT2D eigenvalue weighted by Gasteiger charge is -2.18. The van der Waals surface area contributed by atoms with Gasteiger partial charge in [0.2, 0.25) is 0 Å². The predicted molar refractivity (Wildman–Crippen MR) is 70.3 cm³/mol. The molecule has 2 rings (SSSR count). The summed E-state index contributed by atoms with van der Waals surface area (Å²) in [5, 5.41) is 5.60. The fraction of sp³-hybridized carbons (Fsp3) is 0.500. The quantitative estimate of drug-likeness (QED) is 0.813. The smallest absolute Gasteiger partial charge is 0.0683 e. The molecule has 0 aliphatic heterocycles. The lowest BCUT2D eigenvalue weighted by atomic mass is 9.86. The van der Waals surface area contributed by atoms with Crippen molar-refractivity contribution in [1.29, 1.82) is 0 Å². The van der Waals surface area contributed by atoms with Crippen molar-refractivity contribution in [2.45, 2.75) is 32.7 Å². The zero-order valence-electron chi connectivity index (χ0n) is 11.0. The number of nitrogens with zero attached hydrogens (tertiary/aromatic N) is 2. The SMILES string of the molecule is COCCn1ncc2cc(C(C)(C)C)ccc21. The molecule has 0 spiro atoms. The van der Waals surface area contributed by atoms with Gasteiger partial charge in [0.05, 0.1) is 24.9 Å². The number of ether oxygens (including phenoxy) is 1. The van der Waals surface area contributed by atoms with E-state index in [1.807, 2.05) is 10.9 Å². The fourth-order valence-corrected chi connectivity index (χ4v) is 1.91. The minimum atomic E-state index is 0.183. The Morgan fingerprint density at radius 1 is 1.29 bits per heavy atom. The summed E-state index contributed by atoms with van der Waals surface area (Å²) in [5.74, 6) is 0. The highest BCUT2D eigenvalue weighted by Crippen LogP contribution is 2.25. The maximum atomic E-state index is 5.08. The van der Waals surface area contributed by atoms with Crippen molar-refractivity contribution in [2.24, 2.45) is 0 Å². The van der Waals surface area contributed by atoms with Crippen LogP contribution < -0.4 is 0 Å². The van der Waals surface area contributed by atoms with Crippen molar-refractivity contribution >= 4 is 10.9 Å². The van der Waals surface area contributed by atoms with Gasteiger partial charge >= 0.3 is 0 Å². The van der Waals surface area contributed by atoms with Crippen LogP contribution in [-0.4, -0.2) is 23.5 Å². The molecule has 0 aliphatic carbocycles. The van der Waals surface area contributed by atoms with Crippen LogP contribution in [0.3, 0.4) is 0 Å². The van der Waals surface area contributed by atoms with Gasteiger partial charge in [0.15, 0.2) is 0 Å². The van der Waals surface area contributed by atoms with Gasteiger partial charge in [0.1, 0.15) is 0 Å². The number of rotatable bonds is 3. The number of aromatic nitrogens is 2. The Morgan fingerprint density at radius 3 is 2.71 bits per heavy atom. The van der Waals surface area contributed by atoms with Gasteiger partial charge in [0, 0.05) is 12.5 Å². The van der Waals surface area contributed by atoms with Crippen LogP contribution in [0.2, 0.25) is 0 Å². The van der Waals surface area contributed by atoms with Crippen molar-refractivity contribution in [3.8, 4) is 0 Å². The first-order valence-electron chi connectivity index (χ1n) is 5.97. The highest BCUT2D eigenvalue weighted by atomic mass is 16.5. The minimum absolute atomic E-state index is 0.183. The Morgan fingerprint density at radius 2 is 2.06 bits per heavy atom. The van der Waals surface area contributed by atoms with Crippen LogP contribution in [0.25, 0.3) is 10.9 Å². The predicted octanol–water partition coefficient (Wildman–Crippen LogP) is 2.98. The molecule has 92 valence electrons. The molecule has 0 N–H and O–H groups in total. The average molecular weight is 232 g/mol. The summed E-state index contributed by atoms with van der Waals surface area (Å²) in [7, 11) is 1.71. The molecule has 0 bridgehead atoms. The van der Waals surface area contributed by atoms with E-state index in [1.165, 1.54) is 16.5 Å². The molecule has 0 unspecified atom stereocenters. The van der Waals surface area contributed by atoms with Crippen LogP contribution in [0.5, 0.6) is 0 Å². The molecule has 0 amide bonds. The maximum Gasteiger partial charge on any atom is 0.0683 e. The molecular weight excluding hydrogens is 212 g/mol. The Balaban J connectivity index is 2.38. The standard InChI is InChI=1S/C14H20N2O/c1-14(2,3)12-5-6-13-11(9-12)10-15-16(13)7-8-17-4/h5-6,9-10H,7-8H2,1-4H3. The molecule has 0 saturated heterocycles. The molecule has 17 heavy (non-hydrogen) atoms. The van der Waals surface area contributed by atoms with Gasteiger partial charge in [0.25, 0.3) is 0 Å². The molecule has 0 aliphatic rings. The summed E-state index contributed by atoms with van der Waals surface area (Å²) in [6.07, 6.45) is 1.93. The number of hydrogen-bond donors (Lipinski definition) is 0. The van der Waals surface area contributed by atoms with Crippen LogP contribution in [0, 0.1) is 0 Å². The highest BCUT2D eigenvalue weighted by Gasteiger charge is 2.14. The van der Waals surface area contributed by atoms with Crippen LogP contribution in [-0.2, 0) is 16.7 Å². The van der Waals surface area contributed by atoms with E-state index in [1.54, 1.807) is 7.11 Å². The van der Waals surface area contributed by atoms with E-state index in [2.05, 4.69) is 44.1 Å². The van der Waals surface area contributed by atoms with E-state index >= 15 is 0 Å². The molecule has 3 nitrogen and oxygen atoms in total. The zero-order chi connectivity index (χ0) is 12.5. The van der Waals surface area contributed by atoms with Gasteiger partial charge < -0.3 is 4.74 Å². The van der Waals surface area contributed by atoms with Gasteiger partial charge in [-0.05, 0) is 23.1 Å². The van der Waals surface area contributed by atoms with Gasteiger partial charge in [-0.2, -0.15) is 5.10 Å². The number of hydrogen-bond acceptors (Lipinski definition) is 2. The minimum Gasteiger partial charge on any atom is -0.383 e. The number of fused-ring (bicyclic) bond motifs is 1. The molecule has 3 heteroatoms. The third-order valence-corrected chi connectivity index (χ3v) is 3.02. The van der Waals surface area contributed by atoms with Gasteiger partial charge in [-0.25, -0.2) is 0 Å². The van der Waals surface area contributed by atoms with Crippen molar-refractivity contribution in [1.82, 2.24) is 9.78 Å². The molecule has 1 aromatic carbocycles. The lowest BCUT2D eigenvalue weighted by Crippen LogP contribution is -2.10. The van der Waals surface area contributed by atoms with E-state index in [4.69, 9.17) is 4.74 Å². The van der Waals surface area contributed by atoms with Crippen molar-refractivity contribution in [3.05, 3.63) is 30.0 Å². The van der Waals surface area contributed by atoms with Crippen molar-refractivity contribution < 1.29 is 4.74 Å². The second-order valence-electron chi connectivity index (χ2n) is 5.38. The summed E-state index contributed by atoms with van der Waals surface area (Å²) < 4.78 is 7.07. The summed E-state index contributed by atoms with van der Waals surface area (Å²) in [6.45, 7) is 8.17. The fourth-order valence-electron chi connectivity index (χ4n) is 1.91. The van der Waals surface area contributed by atoms with Crippen LogP contribution in [0.15, 0.2) is 24.4 Å². The largest absolute Gasteiger partial charge is 0.383 e. The molecular formula is C14H20N2O. The van der Waals surface area contributed by atoms with E-state index in [-0.39, 0.29) is 5.41 Å². The summed E-state index contributed by atoms with van der Waals surface area (Å²) in [5.41, 5.74) is 2.70.